The van der Waals surface area contributed by atoms with Crippen LogP contribution in [0.3, 0.4) is 0 Å². The second kappa shape index (κ2) is 6.28. The Morgan fingerprint density at radius 3 is 2.58 bits per heavy atom. The molecular weight excluding hydrogens is 174 g/mol. The number of nitrogens with one attached hydrogen (secondary N) is 1. The van der Waals surface area contributed by atoms with E-state index in [1.165, 1.54) is 0 Å². The monoisotopic (exact) mass is 191 g/mol. The summed E-state index contributed by atoms with van der Waals surface area (Å²) in [7, 11) is 0. The summed E-state index contributed by atoms with van der Waals surface area (Å²) in [5, 5.41) is 0.277. The Bertz CT molecular complexity index is 141. The molecule has 0 aromatic carbocycles. The van der Waals surface area contributed by atoms with Crippen LogP contribution in [0.25, 0.3) is 0 Å². The van der Waals surface area contributed by atoms with Gasteiger partial charge in [-0.25, -0.2) is 5.84 Å². The quantitative estimate of drug-likeness (QED) is 0.320. The molecule has 0 saturated heterocycles. The summed E-state index contributed by atoms with van der Waals surface area (Å²) in [6.45, 7) is 3.94. The van der Waals surface area contributed by atoms with Gasteiger partial charge in [0.1, 0.15) is 0 Å². The van der Waals surface area contributed by atoms with Gasteiger partial charge in [0.25, 0.3) is 0 Å². The molecule has 72 valence electrons. The molecule has 0 rings (SSSR count). The standard InChI is InChI=1S/C7H17N3OS/c1-5(8)4-12-6(2)3-7(11)10-9/h5-6H,3-4,8-9H2,1-2H3,(H,10,11). The highest BCUT2D eigenvalue weighted by Gasteiger charge is 2.08. The van der Waals surface area contributed by atoms with Gasteiger partial charge in [0.05, 0.1) is 0 Å². The van der Waals surface area contributed by atoms with Crippen molar-refractivity contribution >= 4 is 17.7 Å². The lowest BCUT2D eigenvalue weighted by atomic mass is 10.3. The van der Waals surface area contributed by atoms with Crippen LogP contribution in [0.4, 0.5) is 0 Å². The van der Waals surface area contributed by atoms with Crippen molar-refractivity contribution in [3.8, 4) is 0 Å². The molecule has 5 heteroatoms. The molecule has 2 unspecified atom stereocenters. The molecule has 4 nitrogen and oxygen atoms in total. The van der Waals surface area contributed by atoms with Gasteiger partial charge in [-0.15, -0.1) is 0 Å². The van der Waals surface area contributed by atoms with Crippen molar-refractivity contribution in [2.75, 3.05) is 5.75 Å². The van der Waals surface area contributed by atoms with Crippen LogP contribution in [0, 0.1) is 0 Å². The molecule has 0 fully saturated rings. The Labute approximate surface area is 77.4 Å². The summed E-state index contributed by atoms with van der Waals surface area (Å²) in [6.07, 6.45) is 0.452. The van der Waals surface area contributed by atoms with Crippen molar-refractivity contribution < 1.29 is 4.79 Å². The van der Waals surface area contributed by atoms with E-state index in [4.69, 9.17) is 11.6 Å². The second-order valence-corrected chi connectivity index (χ2v) is 4.36. The molecule has 1 amide bonds. The number of nitrogens with two attached hydrogens (primary N) is 2. The highest BCUT2D eigenvalue weighted by molar-refractivity contribution is 7.99. The zero-order valence-electron chi connectivity index (χ0n) is 7.54. The number of rotatable bonds is 5. The molecule has 0 radical (unpaired) electrons. The van der Waals surface area contributed by atoms with E-state index < -0.39 is 0 Å². The Morgan fingerprint density at radius 1 is 1.58 bits per heavy atom. The highest BCUT2D eigenvalue weighted by atomic mass is 32.2. The van der Waals surface area contributed by atoms with Crippen LogP contribution in [0.15, 0.2) is 0 Å². The van der Waals surface area contributed by atoms with E-state index in [1.807, 2.05) is 13.8 Å². The van der Waals surface area contributed by atoms with Gasteiger partial charge in [-0.2, -0.15) is 11.8 Å². The fourth-order valence-electron chi connectivity index (χ4n) is 0.695. The normalized spacial score (nSPS) is 15.3. The number of carbonyl (C=O) groups excluding carboxylic acids is 1. The minimum atomic E-state index is -0.125. The maximum absolute atomic E-state index is 10.8. The van der Waals surface area contributed by atoms with Gasteiger partial charge in [0.15, 0.2) is 0 Å². The van der Waals surface area contributed by atoms with E-state index in [1.54, 1.807) is 11.8 Å². The van der Waals surface area contributed by atoms with Gasteiger partial charge >= 0.3 is 0 Å². The summed E-state index contributed by atoms with van der Waals surface area (Å²) in [6, 6.07) is 0.179. The first kappa shape index (κ1) is 11.7. The van der Waals surface area contributed by atoms with Crippen molar-refractivity contribution in [1.82, 2.24) is 5.43 Å². The van der Waals surface area contributed by atoms with Crippen LogP contribution >= 0.6 is 11.8 Å². The van der Waals surface area contributed by atoms with Crippen LogP contribution < -0.4 is 17.0 Å². The number of hydrogen-bond donors (Lipinski definition) is 3. The van der Waals surface area contributed by atoms with Crippen LogP contribution in [-0.4, -0.2) is 23.0 Å². The Morgan fingerprint density at radius 2 is 2.17 bits per heavy atom. The Balaban J connectivity index is 3.45. The van der Waals surface area contributed by atoms with Gasteiger partial charge in [-0.05, 0) is 6.92 Å². The SMILES string of the molecule is CC(N)CSC(C)CC(=O)NN. The Kier molecular flexibility index (Phi) is 6.14. The molecule has 0 aliphatic carbocycles. The Hall–Kier alpha value is -0.260. The molecule has 0 aliphatic heterocycles. The van der Waals surface area contributed by atoms with Crippen LogP contribution in [0.1, 0.15) is 20.3 Å². The molecule has 0 heterocycles. The number of hydrogen-bond acceptors (Lipinski definition) is 4. The van der Waals surface area contributed by atoms with Crippen molar-refractivity contribution in [2.45, 2.75) is 31.6 Å². The summed E-state index contributed by atoms with van der Waals surface area (Å²) in [4.78, 5) is 10.8. The minimum Gasteiger partial charge on any atom is -0.327 e. The van der Waals surface area contributed by atoms with Gasteiger partial charge < -0.3 is 5.73 Å². The third-order valence-corrected chi connectivity index (χ3v) is 2.73. The van der Waals surface area contributed by atoms with E-state index in [9.17, 15) is 4.79 Å². The summed E-state index contributed by atoms with van der Waals surface area (Å²) >= 11 is 1.69. The van der Waals surface area contributed by atoms with Crippen molar-refractivity contribution in [3.05, 3.63) is 0 Å². The number of hydrazine groups is 1. The number of amides is 1. The topological polar surface area (TPSA) is 81.1 Å². The molecule has 5 N–H and O–H groups in total. The highest BCUT2D eigenvalue weighted by Crippen LogP contribution is 2.13. The molecule has 12 heavy (non-hydrogen) atoms. The maximum atomic E-state index is 10.8. The van der Waals surface area contributed by atoms with Gasteiger partial charge in [0.2, 0.25) is 5.91 Å². The first-order valence-electron chi connectivity index (χ1n) is 3.93. The lowest BCUT2D eigenvalue weighted by Crippen LogP contribution is -2.32. The predicted octanol–water partition coefficient (Wildman–Crippen LogP) is -0.165. The lowest BCUT2D eigenvalue weighted by molar-refractivity contribution is -0.121. The van der Waals surface area contributed by atoms with E-state index in [-0.39, 0.29) is 17.2 Å². The summed E-state index contributed by atoms with van der Waals surface area (Å²) in [5.74, 6) is 5.69. The van der Waals surface area contributed by atoms with Gasteiger partial charge in [0, 0.05) is 23.5 Å². The average Bonchev–Trinajstić information content (AvgIpc) is 2.00. The zero-order valence-corrected chi connectivity index (χ0v) is 8.36. The molecule has 0 aliphatic rings. The van der Waals surface area contributed by atoms with Gasteiger partial charge in [-0.1, -0.05) is 6.92 Å². The molecule has 2 atom stereocenters. The predicted molar refractivity (Wildman–Crippen MR) is 52.5 cm³/mol. The van der Waals surface area contributed by atoms with E-state index >= 15 is 0 Å². The molecule has 0 spiro atoms. The van der Waals surface area contributed by atoms with Crippen LogP contribution in [0.5, 0.6) is 0 Å². The van der Waals surface area contributed by atoms with Crippen molar-refractivity contribution in [2.24, 2.45) is 11.6 Å². The van der Waals surface area contributed by atoms with Crippen LogP contribution in [0.2, 0.25) is 0 Å². The molecule has 0 saturated carbocycles. The fraction of sp³-hybridized carbons (Fsp3) is 0.857. The fourth-order valence-corrected chi connectivity index (χ4v) is 1.60. The molecule has 0 bridgehead atoms. The van der Waals surface area contributed by atoms with E-state index in [0.717, 1.165) is 5.75 Å². The van der Waals surface area contributed by atoms with E-state index in [2.05, 4.69) is 5.43 Å². The minimum absolute atomic E-state index is 0.125. The van der Waals surface area contributed by atoms with Crippen LogP contribution in [-0.2, 0) is 4.79 Å². The third-order valence-electron chi connectivity index (χ3n) is 1.28. The molecular formula is C7H17N3OS. The lowest BCUT2D eigenvalue weighted by Gasteiger charge is -2.11. The molecule has 0 aromatic rings. The first-order valence-corrected chi connectivity index (χ1v) is 4.97. The first-order chi connectivity index (χ1) is 5.56. The second-order valence-electron chi connectivity index (χ2n) is 2.89. The summed E-state index contributed by atoms with van der Waals surface area (Å²) in [5.41, 5.74) is 7.66. The van der Waals surface area contributed by atoms with Gasteiger partial charge in [-0.3, -0.25) is 10.2 Å². The summed E-state index contributed by atoms with van der Waals surface area (Å²) < 4.78 is 0. The van der Waals surface area contributed by atoms with Crippen molar-refractivity contribution in [1.29, 1.82) is 0 Å². The largest absolute Gasteiger partial charge is 0.327 e. The van der Waals surface area contributed by atoms with Crippen molar-refractivity contribution in [3.63, 3.8) is 0 Å². The number of carbonyl (C=O) groups is 1. The zero-order chi connectivity index (χ0) is 9.56. The third kappa shape index (κ3) is 6.45. The van der Waals surface area contributed by atoms with E-state index in [0.29, 0.717) is 6.42 Å². The maximum Gasteiger partial charge on any atom is 0.234 e. The average molecular weight is 191 g/mol. The molecule has 0 aromatic heterocycles. The smallest absolute Gasteiger partial charge is 0.234 e. The number of thioether (sulfide) groups is 1.